The normalized spacial score (nSPS) is 19.6. The summed E-state index contributed by atoms with van der Waals surface area (Å²) in [5, 5.41) is 19.1. The van der Waals surface area contributed by atoms with Crippen LogP contribution in [0.2, 0.25) is 0 Å². The molecule has 3 aliphatic rings. The number of halogens is 2. The van der Waals surface area contributed by atoms with Crippen molar-refractivity contribution in [1.29, 1.82) is 0 Å². The van der Waals surface area contributed by atoms with E-state index in [-0.39, 0.29) is 40.7 Å². The molecule has 0 aromatic heterocycles. The van der Waals surface area contributed by atoms with Crippen LogP contribution in [0.1, 0.15) is 96.6 Å². The van der Waals surface area contributed by atoms with E-state index in [2.05, 4.69) is 110 Å². The standard InChI is InChI=1S/C40H47ClN2O4.BrH/c1-39(2)30-16-5-7-18-32(30)42(26-11-9-20-36(44)45)34(39)24-22-28-14-13-15-29(38(28)41)23-25-35-40(3,4)31-17-6-8-19-33(31)43(35)27-12-10-21-37(46)47;/h5-8,16-19,22-25H,9-15,20-21,26-27H2,1-4H3,(H-,44,45,46,47);1H. The highest BCUT2D eigenvalue weighted by atomic mass is 79.9. The van der Waals surface area contributed by atoms with Crippen molar-refractivity contribution in [2.24, 2.45) is 0 Å². The summed E-state index contributed by atoms with van der Waals surface area (Å²) in [7, 11) is 0. The average Bonchev–Trinajstić information content (AvgIpc) is 3.38. The number of nitrogens with zero attached hydrogens (tertiary/aromatic N) is 2. The summed E-state index contributed by atoms with van der Waals surface area (Å²) in [4.78, 5) is 24.6. The van der Waals surface area contributed by atoms with Crippen molar-refractivity contribution in [1.82, 2.24) is 0 Å². The smallest absolute Gasteiger partial charge is 0.303 e. The molecule has 6 nitrogen and oxygen atoms in total. The Labute approximate surface area is 301 Å². The van der Waals surface area contributed by atoms with Gasteiger partial charge in [-0.25, -0.2) is 0 Å². The highest BCUT2D eigenvalue weighted by molar-refractivity contribution is 6.32. The molecule has 0 saturated heterocycles. The fourth-order valence-electron chi connectivity index (χ4n) is 7.42. The van der Waals surface area contributed by atoms with E-state index in [9.17, 15) is 9.59 Å². The van der Waals surface area contributed by atoms with Crippen molar-refractivity contribution in [2.45, 2.75) is 96.3 Å². The lowest BCUT2D eigenvalue weighted by Crippen LogP contribution is -3.00. The largest absolute Gasteiger partial charge is 1.00 e. The number of carbonyl (C=O) groups is 2. The minimum atomic E-state index is -0.751. The number of para-hydroxylation sites is 2. The number of unbranched alkanes of at least 4 members (excludes halogenated alkanes) is 2. The molecule has 5 rings (SSSR count). The molecule has 2 aromatic rings. The molecule has 48 heavy (non-hydrogen) atoms. The van der Waals surface area contributed by atoms with E-state index in [4.69, 9.17) is 21.8 Å². The van der Waals surface area contributed by atoms with Crippen molar-refractivity contribution in [2.75, 3.05) is 18.0 Å². The molecule has 1 aliphatic carbocycles. The molecule has 2 heterocycles. The third kappa shape index (κ3) is 7.89. The lowest BCUT2D eigenvalue weighted by Gasteiger charge is -2.27. The van der Waals surface area contributed by atoms with Crippen molar-refractivity contribution >= 4 is 40.6 Å². The number of carboxylic acids is 2. The fraction of sp³-hybridized carbons (Fsp3) is 0.425. The SMILES string of the molecule is CC1(C)C(/C=C/C2=C(Cl)C(=C/C=C3/N(CCCCC(=O)O)c4ccccc4C3(C)C)/CCC2)=[N+](CCCCC(=O)O)c2ccccc21.[Br-]. The summed E-state index contributed by atoms with van der Waals surface area (Å²) in [5.74, 6) is -1.50. The van der Waals surface area contributed by atoms with Crippen LogP contribution in [0.4, 0.5) is 11.4 Å². The molecule has 2 aromatic carbocycles. The van der Waals surface area contributed by atoms with Crippen LogP contribution in [0.25, 0.3) is 0 Å². The highest BCUT2D eigenvalue weighted by Crippen LogP contribution is 2.48. The van der Waals surface area contributed by atoms with Gasteiger partial charge >= 0.3 is 11.9 Å². The number of hydrogen-bond donors (Lipinski definition) is 2. The van der Waals surface area contributed by atoms with Crippen LogP contribution < -0.4 is 21.9 Å². The second-order valence-corrected chi connectivity index (χ2v) is 14.3. The third-order valence-corrected chi connectivity index (χ3v) is 10.5. The molecule has 0 radical (unpaired) electrons. The first kappa shape index (κ1) is 37.4. The first-order valence-corrected chi connectivity index (χ1v) is 17.3. The van der Waals surface area contributed by atoms with Crippen molar-refractivity contribution in [3.8, 4) is 0 Å². The van der Waals surface area contributed by atoms with Gasteiger partial charge in [-0.1, -0.05) is 74.0 Å². The maximum Gasteiger partial charge on any atom is 0.303 e. The summed E-state index contributed by atoms with van der Waals surface area (Å²) in [6.45, 7) is 10.6. The zero-order valence-electron chi connectivity index (χ0n) is 28.6. The Hall–Kier alpha value is -3.42. The van der Waals surface area contributed by atoms with Gasteiger partial charge in [-0.05, 0) is 81.2 Å². The Morgan fingerprint density at radius 3 is 2.19 bits per heavy atom. The number of aliphatic carboxylic acids is 2. The monoisotopic (exact) mass is 734 g/mol. The third-order valence-electron chi connectivity index (χ3n) is 9.98. The average molecular weight is 736 g/mol. The number of anilines is 1. The predicted molar refractivity (Wildman–Crippen MR) is 191 cm³/mol. The Kier molecular flexibility index (Phi) is 12.4. The molecular formula is C40H48BrClN2O4. The second-order valence-electron chi connectivity index (χ2n) is 13.9. The number of fused-ring (bicyclic) bond motifs is 2. The van der Waals surface area contributed by atoms with Crippen LogP contribution >= 0.6 is 11.6 Å². The Balaban J connectivity index is 0.00000520. The Bertz CT molecular complexity index is 1700. The van der Waals surface area contributed by atoms with E-state index in [0.29, 0.717) is 12.8 Å². The molecule has 0 bridgehead atoms. The molecular weight excluding hydrogens is 688 g/mol. The first-order valence-electron chi connectivity index (χ1n) is 17.0. The molecule has 0 fully saturated rings. The number of hydrogen-bond acceptors (Lipinski definition) is 3. The van der Waals surface area contributed by atoms with Crippen LogP contribution in [0.3, 0.4) is 0 Å². The maximum absolute atomic E-state index is 11.1. The Morgan fingerprint density at radius 2 is 1.48 bits per heavy atom. The second kappa shape index (κ2) is 15.9. The van der Waals surface area contributed by atoms with E-state index in [1.807, 2.05) is 0 Å². The molecule has 8 heteroatoms. The number of carboxylic acid groups (broad SMARTS) is 2. The van der Waals surface area contributed by atoms with Gasteiger partial charge < -0.3 is 32.1 Å². The molecule has 2 N–H and O–H groups in total. The minimum Gasteiger partial charge on any atom is -1.00 e. The summed E-state index contributed by atoms with van der Waals surface area (Å²) in [6.07, 6.45) is 15.0. The van der Waals surface area contributed by atoms with Gasteiger partial charge in [0.15, 0.2) is 5.71 Å². The summed E-state index contributed by atoms with van der Waals surface area (Å²) < 4.78 is 2.36. The highest BCUT2D eigenvalue weighted by Gasteiger charge is 2.44. The van der Waals surface area contributed by atoms with Gasteiger partial charge in [0.05, 0.1) is 5.41 Å². The molecule has 0 spiro atoms. The molecule has 2 aliphatic heterocycles. The van der Waals surface area contributed by atoms with Gasteiger partial charge in [0.25, 0.3) is 0 Å². The van der Waals surface area contributed by atoms with Gasteiger partial charge in [0.2, 0.25) is 5.69 Å². The van der Waals surface area contributed by atoms with E-state index in [1.165, 1.54) is 33.9 Å². The summed E-state index contributed by atoms with van der Waals surface area (Å²) in [5.41, 5.74) is 9.22. The van der Waals surface area contributed by atoms with Crippen molar-refractivity contribution in [3.05, 3.63) is 106 Å². The zero-order valence-corrected chi connectivity index (χ0v) is 30.9. The van der Waals surface area contributed by atoms with Gasteiger partial charge in [0.1, 0.15) is 6.54 Å². The number of allylic oxidation sites excluding steroid dienone is 8. The van der Waals surface area contributed by atoms with Crippen LogP contribution in [0.5, 0.6) is 0 Å². The van der Waals surface area contributed by atoms with Crippen LogP contribution in [-0.4, -0.2) is 45.5 Å². The van der Waals surface area contributed by atoms with E-state index >= 15 is 0 Å². The minimum absolute atomic E-state index is 0. The van der Waals surface area contributed by atoms with Crippen LogP contribution in [-0.2, 0) is 20.4 Å². The van der Waals surface area contributed by atoms with Gasteiger partial charge in [0, 0.05) is 65.3 Å². The fourth-order valence-corrected chi connectivity index (χ4v) is 7.74. The van der Waals surface area contributed by atoms with E-state index < -0.39 is 11.9 Å². The number of rotatable bonds is 13. The quantitative estimate of drug-likeness (QED) is 0.184. The summed E-state index contributed by atoms with van der Waals surface area (Å²) >= 11 is 7.16. The van der Waals surface area contributed by atoms with E-state index in [0.717, 1.165) is 61.4 Å². The maximum atomic E-state index is 11.1. The molecule has 0 unspecified atom stereocenters. The molecule has 0 saturated carbocycles. The van der Waals surface area contributed by atoms with Crippen LogP contribution in [0, 0.1) is 0 Å². The lowest BCUT2D eigenvalue weighted by atomic mass is 9.81. The van der Waals surface area contributed by atoms with Crippen molar-refractivity contribution in [3.63, 3.8) is 0 Å². The zero-order chi connectivity index (χ0) is 33.8. The van der Waals surface area contributed by atoms with Crippen LogP contribution in [0.15, 0.2) is 94.7 Å². The van der Waals surface area contributed by atoms with Crippen molar-refractivity contribution < 1.29 is 41.4 Å². The first-order chi connectivity index (χ1) is 22.4. The lowest BCUT2D eigenvalue weighted by molar-refractivity contribution is -0.438. The summed E-state index contributed by atoms with van der Waals surface area (Å²) in [6, 6.07) is 17.0. The van der Waals surface area contributed by atoms with Gasteiger partial charge in [-0.3, -0.25) is 9.59 Å². The predicted octanol–water partition coefficient (Wildman–Crippen LogP) is 6.42. The van der Waals surface area contributed by atoms with Gasteiger partial charge in [-0.2, -0.15) is 4.58 Å². The Morgan fingerprint density at radius 1 is 0.833 bits per heavy atom. The van der Waals surface area contributed by atoms with E-state index in [1.54, 1.807) is 0 Å². The molecule has 0 amide bonds. The topological polar surface area (TPSA) is 80.9 Å². The van der Waals surface area contributed by atoms with Gasteiger partial charge in [-0.15, -0.1) is 0 Å². The number of benzene rings is 2. The molecule has 256 valence electrons. The molecule has 0 atom stereocenters.